The first-order chi connectivity index (χ1) is 5.36. The van der Waals surface area contributed by atoms with Crippen molar-refractivity contribution in [3.05, 3.63) is 29.8 Å². The highest BCUT2D eigenvalue weighted by Crippen LogP contribution is 2.14. The van der Waals surface area contributed by atoms with E-state index in [-0.39, 0.29) is 0 Å². The van der Waals surface area contributed by atoms with Crippen molar-refractivity contribution in [3.8, 4) is 5.75 Å². The van der Waals surface area contributed by atoms with Crippen LogP contribution in [0.25, 0.3) is 0 Å². The molecule has 0 saturated carbocycles. The van der Waals surface area contributed by atoms with Gasteiger partial charge in [-0.05, 0) is 24.1 Å². The Balaban J connectivity index is 2.66. The van der Waals surface area contributed by atoms with Crippen LogP contribution in [0.2, 0.25) is 0 Å². The highest BCUT2D eigenvalue weighted by atomic mass is 127. The van der Waals surface area contributed by atoms with Crippen molar-refractivity contribution < 1.29 is 3.07 Å². The Bertz CT molecular complexity index is 205. The average Bonchev–Trinajstić information content (AvgIpc) is 2.07. The second kappa shape index (κ2) is 4.59. The summed E-state index contributed by atoms with van der Waals surface area (Å²) in [5.74, 6) is 0.922. The number of rotatable bonds is 3. The fourth-order valence-electron chi connectivity index (χ4n) is 0.996. The van der Waals surface area contributed by atoms with Gasteiger partial charge >= 0.3 is 0 Å². The minimum Gasteiger partial charge on any atom is -0.428 e. The largest absolute Gasteiger partial charge is 0.428 e. The van der Waals surface area contributed by atoms with Crippen molar-refractivity contribution in [2.45, 2.75) is 19.8 Å². The van der Waals surface area contributed by atoms with Gasteiger partial charge in [0.05, 0.1) is 0 Å². The lowest BCUT2D eigenvalue weighted by Gasteiger charge is -1.99. The summed E-state index contributed by atoms with van der Waals surface area (Å²) < 4.78 is 5.02. The average molecular weight is 262 g/mol. The van der Waals surface area contributed by atoms with E-state index in [1.165, 1.54) is 12.0 Å². The van der Waals surface area contributed by atoms with Crippen LogP contribution in [0.15, 0.2) is 24.3 Å². The number of aryl methyl sites for hydroxylation is 1. The normalized spacial score (nSPS) is 9.64. The van der Waals surface area contributed by atoms with Gasteiger partial charge in [0, 0.05) is 0 Å². The minimum absolute atomic E-state index is 0.922. The molecule has 0 spiro atoms. The molecule has 0 bridgehead atoms. The molecule has 0 aliphatic rings. The Kier molecular flexibility index (Phi) is 3.69. The molecule has 1 aromatic carbocycles. The lowest BCUT2D eigenvalue weighted by molar-refractivity contribution is 0.716. The number of halogens is 1. The molecule has 0 unspecified atom stereocenters. The molecule has 0 amide bonds. The third-order valence-electron chi connectivity index (χ3n) is 1.55. The summed E-state index contributed by atoms with van der Waals surface area (Å²) in [5.41, 5.74) is 1.38. The van der Waals surface area contributed by atoms with Gasteiger partial charge in [0.15, 0.2) is 23.0 Å². The number of hydrogen-bond acceptors (Lipinski definition) is 1. The maximum atomic E-state index is 5.02. The first kappa shape index (κ1) is 8.84. The van der Waals surface area contributed by atoms with E-state index in [0.717, 1.165) is 12.2 Å². The third-order valence-corrected chi connectivity index (χ3v) is 2.06. The monoisotopic (exact) mass is 262 g/mol. The Hall–Kier alpha value is -0.250. The van der Waals surface area contributed by atoms with Gasteiger partial charge in [-0.15, -0.1) is 0 Å². The summed E-state index contributed by atoms with van der Waals surface area (Å²) in [6.45, 7) is 2.18. The predicted octanol–water partition coefficient (Wildman–Crippen LogP) is 3.37. The predicted molar refractivity (Wildman–Crippen MR) is 55.1 cm³/mol. The topological polar surface area (TPSA) is 9.23 Å². The van der Waals surface area contributed by atoms with Crippen LogP contribution in [0.1, 0.15) is 18.9 Å². The van der Waals surface area contributed by atoms with Crippen molar-refractivity contribution in [2.24, 2.45) is 0 Å². The van der Waals surface area contributed by atoms with Crippen LogP contribution in [0.5, 0.6) is 5.75 Å². The van der Waals surface area contributed by atoms with Crippen LogP contribution in [0.4, 0.5) is 0 Å². The van der Waals surface area contributed by atoms with Crippen molar-refractivity contribution >= 4 is 23.0 Å². The molecule has 11 heavy (non-hydrogen) atoms. The van der Waals surface area contributed by atoms with Gasteiger partial charge in [-0.25, -0.2) is 0 Å². The first-order valence-electron chi connectivity index (χ1n) is 3.74. The van der Waals surface area contributed by atoms with E-state index in [0.29, 0.717) is 0 Å². The van der Waals surface area contributed by atoms with E-state index in [9.17, 15) is 0 Å². The van der Waals surface area contributed by atoms with Crippen LogP contribution in [0, 0.1) is 0 Å². The van der Waals surface area contributed by atoms with Crippen molar-refractivity contribution in [3.63, 3.8) is 0 Å². The molecule has 0 aliphatic heterocycles. The lowest BCUT2D eigenvalue weighted by atomic mass is 10.1. The van der Waals surface area contributed by atoms with Gasteiger partial charge in [0.2, 0.25) is 0 Å². The summed E-state index contributed by atoms with van der Waals surface area (Å²) in [4.78, 5) is 0. The standard InChI is InChI=1S/C9H11IO/c1-2-3-8-4-6-9(11-10)7-5-8/h4-7H,2-3H2,1H3. The smallest absolute Gasteiger partial charge is 0.192 e. The molecule has 1 aromatic rings. The fourth-order valence-corrected chi connectivity index (χ4v) is 1.29. The second-order valence-electron chi connectivity index (χ2n) is 2.47. The highest BCUT2D eigenvalue weighted by molar-refractivity contribution is 14.1. The van der Waals surface area contributed by atoms with Gasteiger partial charge in [-0.2, -0.15) is 0 Å². The van der Waals surface area contributed by atoms with Crippen LogP contribution in [0.3, 0.4) is 0 Å². The first-order valence-corrected chi connectivity index (χ1v) is 4.62. The maximum absolute atomic E-state index is 5.02. The van der Waals surface area contributed by atoms with E-state index in [2.05, 4.69) is 19.1 Å². The zero-order chi connectivity index (χ0) is 8.10. The molecule has 0 atom stereocenters. The molecule has 1 rings (SSSR count). The molecule has 0 fully saturated rings. The molecule has 0 heterocycles. The van der Waals surface area contributed by atoms with Gasteiger partial charge < -0.3 is 3.07 Å². The van der Waals surface area contributed by atoms with Crippen molar-refractivity contribution in [1.82, 2.24) is 0 Å². The van der Waals surface area contributed by atoms with Gasteiger partial charge in [0.25, 0.3) is 0 Å². The summed E-state index contributed by atoms with van der Waals surface area (Å²) in [5, 5.41) is 0. The van der Waals surface area contributed by atoms with Gasteiger partial charge in [-0.1, -0.05) is 25.5 Å². The van der Waals surface area contributed by atoms with Crippen molar-refractivity contribution in [2.75, 3.05) is 0 Å². The van der Waals surface area contributed by atoms with Crippen LogP contribution < -0.4 is 3.07 Å². The molecule has 0 saturated heterocycles. The summed E-state index contributed by atoms with van der Waals surface area (Å²) in [6.07, 6.45) is 2.35. The molecule has 0 aliphatic carbocycles. The summed E-state index contributed by atoms with van der Waals surface area (Å²) in [7, 11) is 0. The van der Waals surface area contributed by atoms with Crippen LogP contribution in [-0.2, 0) is 6.42 Å². The molecule has 2 heteroatoms. The zero-order valence-corrected chi connectivity index (χ0v) is 8.67. The summed E-state index contributed by atoms with van der Waals surface area (Å²) in [6, 6.07) is 8.21. The van der Waals surface area contributed by atoms with E-state index >= 15 is 0 Å². The van der Waals surface area contributed by atoms with E-state index in [4.69, 9.17) is 3.07 Å². The molecule has 0 N–H and O–H groups in total. The maximum Gasteiger partial charge on any atom is 0.192 e. The molecule has 0 aromatic heterocycles. The SMILES string of the molecule is CCCc1ccc(OI)cc1. The minimum atomic E-state index is 0.922. The molecular weight excluding hydrogens is 251 g/mol. The Labute approximate surface area is 81.5 Å². The Morgan fingerprint density at radius 1 is 1.27 bits per heavy atom. The van der Waals surface area contributed by atoms with Crippen LogP contribution >= 0.6 is 23.0 Å². The van der Waals surface area contributed by atoms with E-state index in [1.807, 2.05) is 35.1 Å². The fraction of sp³-hybridized carbons (Fsp3) is 0.333. The highest BCUT2D eigenvalue weighted by Gasteiger charge is 1.92. The number of hydrogen-bond donors (Lipinski definition) is 0. The molecule has 1 nitrogen and oxygen atoms in total. The molecule has 60 valence electrons. The third kappa shape index (κ3) is 2.69. The lowest BCUT2D eigenvalue weighted by Crippen LogP contribution is -1.81. The van der Waals surface area contributed by atoms with E-state index < -0.39 is 0 Å². The van der Waals surface area contributed by atoms with E-state index in [1.54, 1.807) is 0 Å². The number of benzene rings is 1. The van der Waals surface area contributed by atoms with Crippen molar-refractivity contribution in [1.29, 1.82) is 0 Å². The Morgan fingerprint density at radius 2 is 1.91 bits per heavy atom. The molecular formula is C9H11IO. The van der Waals surface area contributed by atoms with Gasteiger partial charge in [0.1, 0.15) is 5.75 Å². The quantitative estimate of drug-likeness (QED) is 0.759. The Morgan fingerprint density at radius 3 is 2.36 bits per heavy atom. The van der Waals surface area contributed by atoms with Crippen LogP contribution in [-0.4, -0.2) is 0 Å². The van der Waals surface area contributed by atoms with Gasteiger partial charge in [-0.3, -0.25) is 0 Å². The molecule has 0 radical (unpaired) electrons. The second-order valence-corrected chi connectivity index (χ2v) is 2.91. The zero-order valence-electron chi connectivity index (χ0n) is 6.51. The summed E-state index contributed by atoms with van der Waals surface area (Å²) >= 11 is 1.89.